The molecule has 4 heteroatoms. The summed E-state index contributed by atoms with van der Waals surface area (Å²) in [4.78, 5) is 11.8. The van der Waals surface area contributed by atoms with E-state index in [9.17, 15) is 4.79 Å². The number of carbonyl (C=O) groups excluding carboxylic acids is 1. The van der Waals surface area contributed by atoms with Gasteiger partial charge in [-0.15, -0.1) is 0 Å². The third-order valence-electron chi connectivity index (χ3n) is 3.28. The zero-order chi connectivity index (χ0) is 15.8. The number of ether oxygens (including phenoxy) is 2. The van der Waals surface area contributed by atoms with Crippen LogP contribution in [0.4, 0.5) is 0 Å². The quantitative estimate of drug-likeness (QED) is 0.855. The molecule has 0 aliphatic rings. The van der Waals surface area contributed by atoms with Crippen LogP contribution < -0.4 is 14.8 Å². The van der Waals surface area contributed by atoms with Crippen molar-refractivity contribution in [2.75, 3.05) is 20.3 Å². The first kappa shape index (κ1) is 15.9. The van der Waals surface area contributed by atoms with Crippen molar-refractivity contribution in [3.63, 3.8) is 0 Å². The number of amides is 1. The van der Waals surface area contributed by atoms with Gasteiger partial charge in [0.15, 0.2) is 18.1 Å². The Bertz CT molecular complexity index is 608. The number of benzene rings is 2. The average Bonchev–Trinajstić information content (AvgIpc) is 2.55. The highest BCUT2D eigenvalue weighted by molar-refractivity contribution is 5.77. The van der Waals surface area contributed by atoms with E-state index in [1.54, 1.807) is 19.2 Å². The summed E-state index contributed by atoms with van der Waals surface area (Å²) < 4.78 is 10.6. The highest BCUT2D eigenvalue weighted by atomic mass is 16.5. The molecule has 0 fully saturated rings. The molecule has 0 saturated carbocycles. The second-order valence-electron chi connectivity index (χ2n) is 5.03. The maximum Gasteiger partial charge on any atom is 0.257 e. The van der Waals surface area contributed by atoms with E-state index in [2.05, 4.69) is 36.5 Å². The van der Waals surface area contributed by atoms with E-state index in [1.165, 1.54) is 11.1 Å². The van der Waals surface area contributed by atoms with Gasteiger partial charge in [-0.3, -0.25) is 4.79 Å². The normalized spacial score (nSPS) is 10.1. The fraction of sp³-hybridized carbons (Fsp3) is 0.278. The zero-order valence-electron chi connectivity index (χ0n) is 13.0. The van der Waals surface area contributed by atoms with Gasteiger partial charge in [0.25, 0.3) is 5.91 Å². The summed E-state index contributed by atoms with van der Waals surface area (Å²) in [5.41, 5.74) is 2.44. The first-order valence-electron chi connectivity index (χ1n) is 7.27. The van der Waals surface area contributed by atoms with Crippen LogP contribution in [0.1, 0.15) is 11.1 Å². The van der Waals surface area contributed by atoms with Gasteiger partial charge in [0.2, 0.25) is 0 Å². The lowest BCUT2D eigenvalue weighted by molar-refractivity contribution is -0.123. The number of nitrogens with one attached hydrogen (secondary N) is 1. The first-order valence-corrected chi connectivity index (χ1v) is 7.27. The molecule has 1 N–H and O–H groups in total. The number of carbonyl (C=O) groups is 1. The molecule has 0 heterocycles. The van der Waals surface area contributed by atoms with Crippen LogP contribution in [0.3, 0.4) is 0 Å². The summed E-state index contributed by atoms with van der Waals surface area (Å²) in [7, 11) is 1.57. The first-order chi connectivity index (χ1) is 10.7. The molecule has 0 atom stereocenters. The van der Waals surface area contributed by atoms with Crippen LogP contribution in [-0.4, -0.2) is 26.2 Å². The van der Waals surface area contributed by atoms with Crippen molar-refractivity contribution in [1.29, 1.82) is 0 Å². The van der Waals surface area contributed by atoms with Gasteiger partial charge in [0.1, 0.15) is 0 Å². The number of methoxy groups -OCH3 is 1. The zero-order valence-corrected chi connectivity index (χ0v) is 13.0. The van der Waals surface area contributed by atoms with Crippen molar-refractivity contribution in [1.82, 2.24) is 5.32 Å². The summed E-state index contributed by atoms with van der Waals surface area (Å²) in [5, 5.41) is 2.85. The average molecular weight is 299 g/mol. The SMILES string of the molecule is COc1ccccc1OCC(=O)NCCc1ccc(C)cc1. The summed E-state index contributed by atoms with van der Waals surface area (Å²) >= 11 is 0. The van der Waals surface area contributed by atoms with Crippen LogP contribution in [0.5, 0.6) is 11.5 Å². The van der Waals surface area contributed by atoms with Crippen LogP contribution in [0.2, 0.25) is 0 Å². The molecule has 0 unspecified atom stereocenters. The maximum atomic E-state index is 11.8. The van der Waals surface area contributed by atoms with E-state index in [-0.39, 0.29) is 12.5 Å². The summed E-state index contributed by atoms with van der Waals surface area (Å²) in [6, 6.07) is 15.6. The molecule has 0 saturated heterocycles. The fourth-order valence-corrected chi connectivity index (χ4v) is 2.03. The molecule has 1 amide bonds. The summed E-state index contributed by atoms with van der Waals surface area (Å²) in [6.45, 7) is 2.63. The van der Waals surface area contributed by atoms with Crippen molar-refractivity contribution >= 4 is 5.91 Å². The monoisotopic (exact) mass is 299 g/mol. The van der Waals surface area contributed by atoms with Gasteiger partial charge in [-0.1, -0.05) is 42.0 Å². The number of aryl methyl sites for hydroxylation is 1. The topological polar surface area (TPSA) is 47.6 Å². The number of hydrogen-bond donors (Lipinski definition) is 1. The van der Waals surface area contributed by atoms with Crippen molar-refractivity contribution < 1.29 is 14.3 Å². The molecule has 0 aliphatic carbocycles. The van der Waals surface area contributed by atoms with Gasteiger partial charge in [0, 0.05) is 6.54 Å². The second-order valence-corrected chi connectivity index (χ2v) is 5.03. The summed E-state index contributed by atoms with van der Waals surface area (Å²) in [5.74, 6) is 1.05. The third kappa shape index (κ3) is 4.81. The Morgan fingerprint density at radius 3 is 2.41 bits per heavy atom. The minimum absolute atomic E-state index is 0.0196. The highest BCUT2D eigenvalue weighted by Crippen LogP contribution is 2.25. The lowest BCUT2D eigenvalue weighted by Crippen LogP contribution is -2.30. The van der Waals surface area contributed by atoms with Gasteiger partial charge in [-0.25, -0.2) is 0 Å². The lowest BCUT2D eigenvalue weighted by atomic mass is 10.1. The standard InChI is InChI=1S/C18H21NO3/c1-14-7-9-15(10-8-14)11-12-19-18(20)13-22-17-6-4-3-5-16(17)21-2/h3-10H,11-13H2,1-2H3,(H,19,20). The molecule has 22 heavy (non-hydrogen) atoms. The minimum atomic E-state index is -0.141. The predicted octanol–water partition coefficient (Wildman–Crippen LogP) is 2.74. The van der Waals surface area contributed by atoms with Crippen LogP contribution in [-0.2, 0) is 11.2 Å². The van der Waals surface area contributed by atoms with E-state index >= 15 is 0 Å². The minimum Gasteiger partial charge on any atom is -0.493 e. The maximum absolute atomic E-state index is 11.8. The molecule has 0 bridgehead atoms. The van der Waals surface area contributed by atoms with Crippen molar-refractivity contribution in [2.45, 2.75) is 13.3 Å². The molecule has 2 aromatic rings. The fourth-order valence-electron chi connectivity index (χ4n) is 2.03. The van der Waals surface area contributed by atoms with Crippen LogP contribution in [0, 0.1) is 6.92 Å². The van der Waals surface area contributed by atoms with Gasteiger partial charge in [-0.2, -0.15) is 0 Å². The molecular weight excluding hydrogens is 278 g/mol. The smallest absolute Gasteiger partial charge is 0.257 e. The number of hydrogen-bond acceptors (Lipinski definition) is 3. The van der Waals surface area contributed by atoms with Crippen molar-refractivity contribution in [2.24, 2.45) is 0 Å². The molecule has 116 valence electrons. The van der Waals surface area contributed by atoms with Gasteiger partial charge in [0.05, 0.1) is 7.11 Å². The molecule has 2 aromatic carbocycles. The molecule has 2 rings (SSSR count). The van der Waals surface area contributed by atoms with E-state index in [1.807, 2.05) is 12.1 Å². The Kier molecular flexibility index (Phi) is 5.83. The Balaban J connectivity index is 1.73. The van der Waals surface area contributed by atoms with Crippen molar-refractivity contribution in [3.05, 3.63) is 59.7 Å². The van der Waals surface area contributed by atoms with E-state index < -0.39 is 0 Å². The summed E-state index contributed by atoms with van der Waals surface area (Å²) in [6.07, 6.45) is 0.806. The van der Waals surface area contributed by atoms with E-state index in [0.29, 0.717) is 18.0 Å². The van der Waals surface area contributed by atoms with Crippen molar-refractivity contribution in [3.8, 4) is 11.5 Å². The van der Waals surface area contributed by atoms with Gasteiger partial charge >= 0.3 is 0 Å². The Morgan fingerprint density at radius 1 is 1.05 bits per heavy atom. The molecular formula is C18H21NO3. The molecule has 4 nitrogen and oxygen atoms in total. The van der Waals surface area contributed by atoms with E-state index in [4.69, 9.17) is 9.47 Å². The van der Waals surface area contributed by atoms with Gasteiger partial charge < -0.3 is 14.8 Å². The Morgan fingerprint density at radius 2 is 1.73 bits per heavy atom. The van der Waals surface area contributed by atoms with Crippen LogP contribution in [0.15, 0.2) is 48.5 Å². The molecule has 0 aliphatic heterocycles. The number of rotatable bonds is 7. The Hall–Kier alpha value is -2.49. The number of para-hydroxylation sites is 2. The lowest BCUT2D eigenvalue weighted by Gasteiger charge is -2.10. The Labute approximate surface area is 131 Å². The van der Waals surface area contributed by atoms with E-state index in [0.717, 1.165) is 6.42 Å². The predicted molar refractivity (Wildman–Crippen MR) is 86.4 cm³/mol. The highest BCUT2D eigenvalue weighted by Gasteiger charge is 2.06. The molecule has 0 spiro atoms. The largest absolute Gasteiger partial charge is 0.493 e. The molecule has 0 aromatic heterocycles. The third-order valence-corrected chi connectivity index (χ3v) is 3.28. The second kappa shape index (κ2) is 8.08. The van der Waals surface area contributed by atoms with Gasteiger partial charge in [-0.05, 0) is 31.0 Å². The molecule has 0 radical (unpaired) electrons. The van der Waals surface area contributed by atoms with Crippen LogP contribution in [0.25, 0.3) is 0 Å². The van der Waals surface area contributed by atoms with Crippen LogP contribution >= 0.6 is 0 Å².